The van der Waals surface area contributed by atoms with Crippen LogP contribution in [0.15, 0.2) is 42.5 Å². The van der Waals surface area contributed by atoms with E-state index in [0.717, 1.165) is 11.8 Å². The van der Waals surface area contributed by atoms with Gasteiger partial charge >= 0.3 is 0 Å². The lowest BCUT2D eigenvalue weighted by Crippen LogP contribution is -1.91. The number of nitro groups is 1. The van der Waals surface area contributed by atoms with E-state index in [2.05, 4.69) is 0 Å². The summed E-state index contributed by atoms with van der Waals surface area (Å²) in [4.78, 5) is 20.9. The molecule has 0 saturated heterocycles. The molecule has 0 saturated carbocycles. The predicted octanol–water partition coefficient (Wildman–Crippen LogP) is 3.51. The Kier molecular flexibility index (Phi) is 3.56. The number of hydrogen-bond donors (Lipinski definition) is 0. The highest BCUT2D eigenvalue weighted by molar-refractivity contribution is 5.77. The average molecular weight is 257 g/mol. The molecule has 0 amide bonds. The van der Waals surface area contributed by atoms with Crippen LogP contribution in [0.1, 0.15) is 15.9 Å². The quantitative estimate of drug-likeness (QED) is 0.477. The largest absolute Gasteiger partial charge is 0.457 e. The third kappa shape index (κ3) is 2.95. The topological polar surface area (TPSA) is 69.4 Å². The van der Waals surface area contributed by atoms with E-state index in [4.69, 9.17) is 4.74 Å². The fraction of sp³-hybridized carbons (Fsp3) is 0.0714. The zero-order valence-corrected chi connectivity index (χ0v) is 10.2. The zero-order chi connectivity index (χ0) is 13.8. The van der Waals surface area contributed by atoms with Gasteiger partial charge in [-0.3, -0.25) is 14.9 Å². The molecule has 2 aromatic rings. The first-order chi connectivity index (χ1) is 9.10. The van der Waals surface area contributed by atoms with Gasteiger partial charge < -0.3 is 4.74 Å². The van der Waals surface area contributed by atoms with Crippen LogP contribution in [0.5, 0.6) is 11.5 Å². The van der Waals surface area contributed by atoms with E-state index in [9.17, 15) is 14.9 Å². The van der Waals surface area contributed by atoms with Crippen LogP contribution in [-0.4, -0.2) is 11.2 Å². The van der Waals surface area contributed by atoms with Crippen molar-refractivity contribution in [2.24, 2.45) is 0 Å². The van der Waals surface area contributed by atoms with Gasteiger partial charge in [-0.15, -0.1) is 0 Å². The van der Waals surface area contributed by atoms with Crippen molar-refractivity contribution < 1.29 is 14.5 Å². The monoisotopic (exact) mass is 257 g/mol. The smallest absolute Gasteiger partial charge is 0.273 e. The van der Waals surface area contributed by atoms with Crippen LogP contribution in [-0.2, 0) is 0 Å². The minimum atomic E-state index is -0.479. The van der Waals surface area contributed by atoms with Gasteiger partial charge in [-0.25, -0.2) is 0 Å². The maximum Gasteiger partial charge on any atom is 0.273 e. The molecule has 0 heterocycles. The normalized spacial score (nSPS) is 9.95. The second-order valence-electron chi connectivity index (χ2n) is 3.99. The second-order valence-corrected chi connectivity index (χ2v) is 3.99. The molecule has 0 aliphatic rings. The number of nitrogens with zero attached hydrogens (tertiary/aromatic N) is 1. The summed E-state index contributed by atoms with van der Waals surface area (Å²) in [5, 5.41) is 10.7. The molecule has 2 rings (SSSR count). The van der Waals surface area contributed by atoms with E-state index in [1.165, 1.54) is 12.1 Å². The standard InChI is InChI=1S/C14H11NO4/c1-10-7-14(6-5-11(10)9-16)19-13-4-2-3-12(8-13)15(17)18/h2-9H,1H3. The first-order valence-corrected chi connectivity index (χ1v) is 5.58. The summed E-state index contributed by atoms with van der Waals surface area (Å²) in [6.45, 7) is 1.80. The van der Waals surface area contributed by atoms with E-state index in [1.54, 1.807) is 37.3 Å². The van der Waals surface area contributed by atoms with Crippen LogP contribution in [0.25, 0.3) is 0 Å². The number of non-ortho nitro benzene ring substituents is 1. The van der Waals surface area contributed by atoms with E-state index in [-0.39, 0.29) is 5.69 Å². The summed E-state index contributed by atoms with van der Waals surface area (Å²) in [5.41, 5.74) is 1.35. The molecule has 0 atom stereocenters. The summed E-state index contributed by atoms with van der Waals surface area (Å²) in [5.74, 6) is 0.913. The molecule has 0 radical (unpaired) electrons. The highest BCUT2D eigenvalue weighted by atomic mass is 16.6. The molecule has 0 aliphatic carbocycles. The van der Waals surface area contributed by atoms with Gasteiger partial charge in [0, 0.05) is 11.6 Å². The molecular weight excluding hydrogens is 246 g/mol. The number of aryl methyl sites for hydroxylation is 1. The minimum absolute atomic E-state index is 0.0290. The number of aldehydes is 1. The highest BCUT2D eigenvalue weighted by Crippen LogP contribution is 2.26. The third-order valence-corrected chi connectivity index (χ3v) is 2.63. The number of nitro benzene ring substituents is 1. The van der Waals surface area contributed by atoms with E-state index >= 15 is 0 Å². The maximum atomic E-state index is 10.7. The predicted molar refractivity (Wildman–Crippen MR) is 69.7 cm³/mol. The van der Waals surface area contributed by atoms with Crippen molar-refractivity contribution >= 4 is 12.0 Å². The third-order valence-electron chi connectivity index (χ3n) is 2.63. The van der Waals surface area contributed by atoms with Crippen molar-refractivity contribution in [3.05, 3.63) is 63.7 Å². The SMILES string of the molecule is Cc1cc(Oc2cccc([N+](=O)[O-])c2)ccc1C=O. The molecule has 5 nitrogen and oxygen atoms in total. The van der Waals surface area contributed by atoms with Gasteiger partial charge in [0.15, 0.2) is 0 Å². The van der Waals surface area contributed by atoms with Crippen molar-refractivity contribution in [2.75, 3.05) is 0 Å². The Morgan fingerprint density at radius 2 is 1.89 bits per heavy atom. The first-order valence-electron chi connectivity index (χ1n) is 5.58. The molecule has 19 heavy (non-hydrogen) atoms. The van der Waals surface area contributed by atoms with Gasteiger partial charge in [0.05, 0.1) is 11.0 Å². The summed E-state index contributed by atoms with van der Waals surface area (Å²) >= 11 is 0. The van der Waals surface area contributed by atoms with Crippen LogP contribution in [0, 0.1) is 17.0 Å². The molecule has 2 aromatic carbocycles. The number of benzene rings is 2. The van der Waals surface area contributed by atoms with Crippen LogP contribution in [0.4, 0.5) is 5.69 Å². The molecule has 0 spiro atoms. The number of carbonyl (C=O) groups excluding carboxylic acids is 1. The van der Waals surface area contributed by atoms with E-state index in [0.29, 0.717) is 17.1 Å². The number of ether oxygens (including phenoxy) is 1. The molecule has 0 aromatic heterocycles. The molecule has 0 aliphatic heterocycles. The number of carbonyl (C=O) groups is 1. The Hall–Kier alpha value is -2.69. The van der Waals surface area contributed by atoms with Crippen LogP contribution < -0.4 is 4.74 Å². The van der Waals surface area contributed by atoms with Crippen molar-refractivity contribution in [2.45, 2.75) is 6.92 Å². The zero-order valence-electron chi connectivity index (χ0n) is 10.2. The van der Waals surface area contributed by atoms with Crippen molar-refractivity contribution in [3.63, 3.8) is 0 Å². The van der Waals surface area contributed by atoms with Crippen LogP contribution >= 0.6 is 0 Å². The van der Waals surface area contributed by atoms with Gasteiger partial charge in [-0.2, -0.15) is 0 Å². The summed E-state index contributed by atoms with van der Waals surface area (Å²) in [6.07, 6.45) is 0.770. The van der Waals surface area contributed by atoms with Crippen molar-refractivity contribution in [1.29, 1.82) is 0 Å². The Balaban J connectivity index is 2.26. The molecule has 5 heteroatoms. The lowest BCUT2D eigenvalue weighted by molar-refractivity contribution is -0.384. The van der Waals surface area contributed by atoms with Gasteiger partial charge in [0.1, 0.15) is 17.8 Å². The lowest BCUT2D eigenvalue weighted by atomic mass is 10.1. The molecular formula is C14H11NO4. The fourth-order valence-corrected chi connectivity index (χ4v) is 1.64. The van der Waals surface area contributed by atoms with Crippen molar-refractivity contribution in [1.82, 2.24) is 0 Å². The molecule has 0 fully saturated rings. The summed E-state index contributed by atoms with van der Waals surface area (Å²) < 4.78 is 5.53. The Morgan fingerprint density at radius 3 is 2.53 bits per heavy atom. The first kappa shape index (κ1) is 12.8. The molecule has 0 bridgehead atoms. The lowest BCUT2D eigenvalue weighted by Gasteiger charge is -2.07. The Morgan fingerprint density at radius 1 is 1.16 bits per heavy atom. The van der Waals surface area contributed by atoms with Gasteiger partial charge in [0.25, 0.3) is 5.69 Å². The van der Waals surface area contributed by atoms with Gasteiger partial charge in [-0.05, 0) is 36.8 Å². The van der Waals surface area contributed by atoms with E-state index < -0.39 is 4.92 Å². The average Bonchev–Trinajstić information content (AvgIpc) is 2.39. The van der Waals surface area contributed by atoms with Gasteiger partial charge in [0.2, 0.25) is 0 Å². The summed E-state index contributed by atoms with van der Waals surface area (Å²) in [6, 6.07) is 10.9. The highest BCUT2D eigenvalue weighted by Gasteiger charge is 2.07. The Labute approximate surface area is 109 Å². The summed E-state index contributed by atoms with van der Waals surface area (Å²) in [7, 11) is 0. The number of hydrogen-bond acceptors (Lipinski definition) is 4. The number of rotatable bonds is 4. The van der Waals surface area contributed by atoms with Crippen LogP contribution in [0.2, 0.25) is 0 Å². The van der Waals surface area contributed by atoms with Gasteiger partial charge in [-0.1, -0.05) is 6.07 Å². The minimum Gasteiger partial charge on any atom is -0.457 e. The van der Waals surface area contributed by atoms with E-state index in [1.807, 2.05) is 0 Å². The second kappa shape index (κ2) is 5.30. The maximum absolute atomic E-state index is 10.7. The molecule has 0 unspecified atom stereocenters. The fourth-order valence-electron chi connectivity index (χ4n) is 1.64. The van der Waals surface area contributed by atoms with Crippen LogP contribution in [0.3, 0.4) is 0 Å². The molecule has 96 valence electrons. The van der Waals surface area contributed by atoms with Crippen molar-refractivity contribution in [3.8, 4) is 11.5 Å². The molecule has 0 N–H and O–H groups in total. The Bertz CT molecular complexity index is 637.